The van der Waals surface area contributed by atoms with Crippen molar-refractivity contribution >= 4 is 12.2 Å². The molecule has 4 rings (SSSR count). The molecule has 1 aromatic rings. The van der Waals surface area contributed by atoms with Crippen LogP contribution in [-0.4, -0.2) is 22.4 Å². The number of fused-ring (bicyclic) bond motifs is 3. The van der Waals surface area contributed by atoms with Gasteiger partial charge >= 0.3 is 0 Å². The zero-order valence-corrected chi connectivity index (χ0v) is 15.2. The first-order chi connectivity index (χ1) is 11.6. The molecule has 0 amide bonds. The van der Waals surface area contributed by atoms with Crippen LogP contribution in [-0.2, 0) is 12.7 Å². The van der Waals surface area contributed by atoms with Crippen LogP contribution in [0.3, 0.4) is 0 Å². The minimum atomic E-state index is -0.630. The lowest BCUT2D eigenvalue weighted by atomic mass is 9.71. The summed E-state index contributed by atoms with van der Waals surface area (Å²) in [6, 6.07) is 0. The minimum absolute atomic E-state index is 0.131. The van der Waals surface area contributed by atoms with Gasteiger partial charge in [0.2, 0.25) is 0 Å². The number of imidazole rings is 1. The third-order valence-electron chi connectivity index (χ3n) is 6.74. The van der Waals surface area contributed by atoms with Crippen molar-refractivity contribution < 1.29 is 0 Å². The Hall–Kier alpha value is -1.36. The average Bonchev–Trinajstić information content (AvgIpc) is 3.30. The van der Waals surface area contributed by atoms with E-state index in [1.54, 1.807) is 0 Å². The van der Waals surface area contributed by atoms with E-state index in [-0.39, 0.29) is 5.41 Å². The van der Waals surface area contributed by atoms with Gasteiger partial charge in [-0.3, -0.25) is 0 Å². The number of nitrogens with two attached hydrogens (primary N) is 1. The monoisotopic (exact) mass is 329 g/mol. The van der Waals surface area contributed by atoms with Crippen LogP contribution in [0.4, 0.5) is 5.82 Å². The third kappa shape index (κ3) is 2.24. The molecule has 2 N–H and O–H groups in total. The Morgan fingerprint density at radius 2 is 2.04 bits per heavy atom. The van der Waals surface area contributed by atoms with Gasteiger partial charge in [0.25, 0.3) is 0 Å². The van der Waals surface area contributed by atoms with Crippen molar-refractivity contribution in [1.82, 2.24) is 9.55 Å². The molecule has 0 aromatic carbocycles. The van der Waals surface area contributed by atoms with E-state index in [0.29, 0.717) is 0 Å². The van der Waals surface area contributed by atoms with E-state index in [2.05, 4.69) is 23.4 Å². The number of rotatable bonds is 6. The molecule has 0 radical (unpaired) electrons. The molecule has 132 valence electrons. The van der Waals surface area contributed by atoms with Crippen LogP contribution < -0.4 is 10.6 Å². The minimum Gasteiger partial charge on any atom is -0.320 e. The molecule has 3 aliphatic rings. The van der Waals surface area contributed by atoms with Crippen molar-refractivity contribution in [3.63, 3.8) is 0 Å². The summed E-state index contributed by atoms with van der Waals surface area (Å²) in [7, 11) is 2.08. The quantitative estimate of drug-likeness (QED) is 0.812. The molecule has 2 bridgehead atoms. The van der Waals surface area contributed by atoms with E-state index < -0.39 is 5.66 Å². The van der Waals surface area contributed by atoms with Crippen LogP contribution in [0.2, 0.25) is 0 Å². The van der Waals surface area contributed by atoms with Gasteiger partial charge in [-0.05, 0) is 44.4 Å². The number of aromatic nitrogens is 2. The predicted octanol–water partition coefficient (Wildman–Crippen LogP) is 3.54. The number of nitrogens with zero attached hydrogens (tertiary/aromatic N) is 4. The van der Waals surface area contributed by atoms with Gasteiger partial charge < -0.3 is 15.2 Å². The number of unbranched alkanes of at least 4 members (excludes halogenated alkanes) is 3. The summed E-state index contributed by atoms with van der Waals surface area (Å²) >= 11 is 0. The van der Waals surface area contributed by atoms with Gasteiger partial charge in [0.15, 0.2) is 5.66 Å². The number of hydrogen-bond acceptors (Lipinski definition) is 4. The van der Waals surface area contributed by atoms with Crippen LogP contribution in [0.25, 0.3) is 0 Å². The summed E-state index contributed by atoms with van der Waals surface area (Å²) in [6.07, 6.45) is 15.2. The highest BCUT2D eigenvalue weighted by molar-refractivity contribution is 5.82. The summed E-state index contributed by atoms with van der Waals surface area (Å²) in [6.45, 7) is 3.25. The lowest BCUT2D eigenvalue weighted by molar-refractivity contribution is 0.129. The standard InChI is InChI=1S/C19H31N5/c1-3-4-5-6-11-24-14-22-19(20,16-17(24)23(2)13-21-16)18-9-7-15(12-18)8-10-18/h13-15H,3-12,20H2,1-2H3. The Morgan fingerprint density at radius 3 is 2.71 bits per heavy atom. The number of aliphatic imine (C=N–C) groups is 1. The maximum Gasteiger partial charge on any atom is 0.161 e. The van der Waals surface area contributed by atoms with Crippen molar-refractivity contribution in [3.8, 4) is 0 Å². The smallest absolute Gasteiger partial charge is 0.161 e. The molecule has 0 spiro atoms. The van der Waals surface area contributed by atoms with E-state index in [0.717, 1.165) is 24.0 Å². The summed E-state index contributed by atoms with van der Waals surface area (Å²) in [5.74, 6) is 2.02. The van der Waals surface area contributed by atoms with Gasteiger partial charge in [0.1, 0.15) is 11.5 Å². The highest BCUT2D eigenvalue weighted by Gasteiger charge is 2.60. The number of anilines is 1. The van der Waals surface area contributed by atoms with Gasteiger partial charge in [0.05, 0.1) is 12.7 Å². The van der Waals surface area contributed by atoms with Crippen molar-refractivity contribution in [2.75, 3.05) is 11.4 Å². The van der Waals surface area contributed by atoms with Crippen LogP contribution in [0, 0.1) is 11.3 Å². The average molecular weight is 329 g/mol. The van der Waals surface area contributed by atoms with E-state index >= 15 is 0 Å². The fraction of sp³-hybridized carbons (Fsp3) is 0.789. The lowest BCUT2D eigenvalue weighted by Gasteiger charge is -2.44. The Kier molecular flexibility index (Phi) is 3.94. The fourth-order valence-electron chi connectivity index (χ4n) is 5.30. The Balaban J connectivity index is 1.63. The summed E-state index contributed by atoms with van der Waals surface area (Å²) in [4.78, 5) is 12.0. The van der Waals surface area contributed by atoms with Gasteiger partial charge in [-0.25, -0.2) is 9.98 Å². The SMILES string of the molecule is CCCCCCN1C=NC(N)(C23CCC(CC2)C3)c2ncn(C)c21. The molecule has 24 heavy (non-hydrogen) atoms. The lowest BCUT2D eigenvalue weighted by Crippen LogP contribution is -2.53. The molecule has 5 nitrogen and oxygen atoms in total. The molecule has 2 saturated carbocycles. The Morgan fingerprint density at radius 1 is 1.25 bits per heavy atom. The van der Waals surface area contributed by atoms with Crippen molar-refractivity contribution in [2.24, 2.45) is 29.1 Å². The van der Waals surface area contributed by atoms with Crippen LogP contribution in [0.1, 0.15) is 70.4 Å². The fourth-order valence-corrected chi connectivity index (χ4v) is 5.30. The zero-order valence-electron chi connectivity index (χ0n) is 15.2. The molecule has 1 unspecified atom stereocenters. The normalized spacial score (nSPS) is 34.1. The predicted molar refractivity (Wildman–Crippen MR) is 98.1 cm³/mol. The van der Waals surface area contributed by atoms with Crippen molar-refractivity contribution in [3.05, 3.63) is 12.0 Å². The van der Waals surface area contributed by atoms with Gasteiger partial charge in [-0.1, -0.05) is 26.2 Å². The van der Waals surface area contributed by atoms with E-state index in [1.165, 1.54) is 57.8 Å². The summed E-state index contributed by atoms with van der Waals surface area (Å²) in [5.41, 5.74) is 7.51. The largest absolute Gasteiger partial charge is 0.320 e. The molecule has 2 fully saturated rings. The molecular weight excluding hydrogens is 298 g/mol. The van der Waals surface area contributed by atoms with Gasteiger partial charge in [0, 0.05) is 19.0 Å². The molecule has 1 atom stereocenters. The van der Waals surface area contributed by atoms with Crippen LogP contribution in [0.15, 0.2) is 11.3 Å². The maximum atomic E-state index is 7.00. The number of aryl methyl sites for hydroxylation is 1. The van der Waals surface area contributed by atoms with E-state index in [4.69, 9.17) is 15.7 Å². The van der Waals surface area contributed by atoms with E-state index in [1.807, 2.05) is 12.7 Å². The van der Waals surface area contributed by atoms with Crippen molar-refractivity contribution in [2.45, 2.75) is 70.4 Å². The Bertz CT molecular complexity index is 626. The Labute approximate surface area is 145 Å². The first-order valence-electron chi connectivity index (χ1n) is 9.72. The van der Waals surface area contributed by atoms with Crippen LogP contribution in [0.5, 0.6) is 0 Å². The topological polar surface area (TPSA) is 59.4 Å². The third-order valence-corrected chi connectivity index (χ3v) is 6.74. The summed E-state index contributed by atoms with van der Waals surface area (Å²) in [5, 5.41) is 0. The second-order valence-corrected chi connectivity index (χ2v) is 8.22. The first-order valence-corrected chi connectivity index (χ1v) is 9.72. The van der Waals surface area contributed by atoms with E-state index in [9.17, 15) is 0 Å². The van der Waals surface area contributed by atoms with Gasteiger partial charge in [-0.15, -0.1) is 0 Å². The molecular formula is C19H31N5. The molecule has 5 heteroatoms. The zero-order chi connectivity index (χ0) is 16.8. The van der Waals surface area contributed by atoms with Crippen molar-refractivity contribution in [1.29, 1.82) is 0 Å². The molecule has 1 aliphatic heterocycles. The second kappa shape index (κ2) is 5.87. The summed E-state index contributed by atoms with van der Waals surface area (Å²) < 4.78 is 2.12. The second-order valence-electron chi connectivity index (χ2n) is 8.22. The first kappa shape index (κ1) is 16.1. The molecule has 0 saturated heterocycles. The van der Waals surface area contributed by atoms with Crippen LogP contribution >= 0.6 is 0 Å². The maximum absolute atomic E-state index is 7.00. The highest BCUT2D eigenvalue weighted by atomic mass is 15.3. The molecule has 1 aromatic heterocycles. The van der Waals surface area contributed by atoms with Gasteiger partial charge in [-0.2, -0.15) is 0 Å². The molecule has 2 aliphatic carbocycles. The highest BCUT2D eigenvalue weighted by Crippen LogP contribution is 2.62. The molecule has 2 heterocycles. The number of hydrogen-bond donors (Lipinski definition) is 1.